The average Bonchev–Trinajstić information content (AvgIpc) is 2.85. The van der Waals surface area contributed by atoms with E-state index >= 15 is 0 Å². The molecule has 0 aliphatic rings. The quantitative estimate of drug-likeness (QED) is 0.856. The fourth-order valence-electron chi connectivity index (χ4n) is 1.76. The Hall–Kier alpha value is -0.790. The molecule has 2 N–H and O–H groups in total. The Labute approximate surface area is 137 Å². The lowest BCUT2D eigenvalue weighted by molar-refractivity contribution is -0.132. The summed E-state index contributed by atoms with van der Waals surface area (Å²) in [5, 5.41) is 7.98. The van der Waals surface area contributed by atoms with Gasteiger partial charge in [0.25, 0.3) is 0 Å². The Morgan fingerprint density at radius 3 is 2.57 bits per heavy atom. The number of thioether (sulfide) groups is 1. The van der Waals surface area contributed by atoms with Gasteiger partial charge in [0, 0.05) is 17.8 Å². The molecule has 1 heterocycles. The van der Waals surface area contributed by atoms with Crippen LogP contribution in [0, 0.1) is 0 Å². The van der Waals surface area contributed by atoms with Crippen LogP contribution in [-0.4, -0.2) is 49.7 Å². The first-order chi connectivity index (χ1) is 9.20. The van der Waals surface area contributed by atoms with Gasteiger partial charge in [-0.1, -0.05) is 0 Å². The minimum absolute atomic E-state index is 0. The molecule has 1 aromatic rings. The van der Waals surface area contributed by atoms with Crippen LogP contribution in [0.4, 0.5) is 0 Å². The predicted octanol–water partition coefficient (Wildman–Crippen LogP) is 1.71. The first-order valence-corrected chi connectivity index (χ1v) is 7.87. The molecule has 122 valence electrons. The number of nitrogens with two attached hydrogens (primary N) is 1. The molecule has 0 saturated heterocycles. The Morgan fingerprint density at radius 2 is 2.10 bits per heavy atom. The molecule has 0 radical (unpaired) electrons. The van der Waals surface area contributed by atoms with Crippen molar-refractivity contribution in [2.45, 2.75) is 51.1 Å². The number of hydrogen-bond acceptors (Lipinski definition) is 5. The number of carbonyl (C=O) groups excluding carboxylic acids is 1. The van der Waals surface area contributed by atoms with Crippen molar-refractivity contribution >= 4 is 30.1 Å². The summed E-state index contributed by atoms with van der Waals surface area (Å²) in [4.78, 5) is 14.0. The van der Waals surface area contributed by atoms with Crippen LogP contribution >= 0.6 is 24.2 Å². The normalized spacial score (nSPS) is 13.0. The molecule has 21 heavy (non-hydrogen) atoms. The number of likely N-dealkylation sites (N-methyl/N-ethyl adjacent to an activating group) is 1. The SMILES string of the molecule is CSC(C)(C)[C@H](N)C(=O)N(C)Cc1nncn1C(C)C.Cl. The summed E-state index contributed by atoms with van der Waals surface area (Å²) in [5.41, 5.74) is 6.08. The van der Waals surface area contributed by atoms with Gasteiger partial charge in [-0.25, -0.2) is 0 Å². The summed E-state index contributed by atoms with van der Waals surface area (Å²) in [6, 6.07) is -0.280. The summed E-state index contributed by atoms with van der Waals surface area (Å²) in [7, 11) is 1.75. The lowest BCUT2D eigenvalue weighted by Gasteiger charge is -2.31. The van der Waals surface area contributed by atoms with E-state index in [2.05, 4.69) is 24.0 Å². The van der Waals surface area contributed by atoms with Crippen LogP contribution in [0.3, 0.4) is 0 Å². The highest BCUT2D eigenvalue weighted by Gasteiger charge is 2.33. The van der Waals surface area contributed by atoms with Crippen molar-refractivity contribution in [3.63, 3.8) is 0 Å². The lowest BCUT2D eigenvalue weighted by atomic mass is 10.0. The van der Waals surface area contributed by atoms with Crippen LogP contribution in [0.15, 0.2) is 6.33 Å². The number of carbonyl (C=O) groups is 1. The van der Waals surface area contributed by atoms with E-state index in [0.29, 0.717) is 6.54 Å². The molecule has 0 bridgehead atoms. The predicted molar refractivity (Wildman–Crippen MR) is 89.7 cm³/mol. The third-order valence-electron chi connectivity index (χ3n) is 3.50. The fourth-order valence-corrected chi connectivity index (χ4v) is 2.12. The van der Waals surface area contributed by atoms with Gasteiger partial charge in [-0.15, -0.1) is 22.6 Å². The highest BCUT2D eigenvalue weighted by molar-refractivity contribution is 8.00. The molecular formula is C13H26ClN5OS. The first-order valence-electron chi connectivity index (χ1n) is 6.64. The summed E-state index contributed by atoms with van der Waals surface area (Å²) in [6.07, 6.45) is 3.65. The molecule has 8 heteroatoms. The molecule has 0 spiro atoms. The zero-order valence-corrected chi connectivity index (χ0v) is 15.2. The maximum Gasteiger partial charge on any atom is 0.241 e. The fraction of sp³-hybridized carbons (Fsp3) is 0.769. The van der Waals surface area contributed by atoms with Crippen molar-refractivity contribution in [3.05, 3.63) is 12.2 Å². The lowest BCUT2D eigenvalue weighted by Crippen LogP contribution is -2.52. The van der Waals surface area contributed by atoms with Gasteiger partial charge in [0.2, 0.25) is 5.91 Å². The van der Waals surface area contributed by atoms with Crippen molar-refractivity contribution < 1.29 is 4.79 Å². The maximum atomic E-state index is 12.4. The van der Waals surface area contributed by atoms with E-state index in [4.69, 9.17) is 5.73 Å². The van der Waals surface area contributed by atoms with E-state index in [0.717, 1.165) is 5.82 Å². The van der Waals surface area contributed by atoms with Gasteiger partial charge < -0.3 is 15.2 Å². The first kappa shape index (κ1) is 20.2. The van der Waals surface area contributed by atoms with E-state index in [1.54, 1.807) is 30.0 Å². The highest BCUT2D eigenvalue weighted by Crippen LogP contribution is 2.25. The molecule has 1 aromatic heterocycles. The van der Waals surface area contributed by atoms with Crippen LogP contribution in [-0.2, 0) is 11.3 Å². The zero-order valence-electron chi connectivity index (χ0n) is 13.5. The molecule has 1 rings (SSSR count). The monoisotopic (exact) mass is 335 g/mol. The number of halogens is 1. The summed E-state index contributed by atoms with van der Waals surface area (Å²) < 4.78 is 1.66. The largest absolute Gasteiger partial charge is 0.337 e. The van der Waals surface area contributed by atoms with Crippen molar-refractivity contribution in [3.8, 4) is 0 Å². The van der Waals surface area contributed by atoms with Crippen molar-refractivity contribution in [1.29, 1.82) is 0 Å². The second-order valence-electron chi connectivity index (χ2n) is 5.73. The van der Waals surface area contributed by atoms with E-state index in [1.165, 1.54) is 0 Å². The summed E-state index contributed by atoms with van der Waals surface area (Å²) in [5.74, 6) is 0.688. The second kappa shape index (κ2) is 8.00. The minimum atomic E-state index is -0.544. The van der Waals surface area contributed by atoms with Crippen molar-refractivity contribution in [1.82, 2.24) is 19.7 Å². The molecule has 0 aromatic carbocycles. The van der Waals surface area contributed by atoms with Gasteiger partial charge in [-0.3, -0.25) is 4.79 Å². The van der Waals surface area contributed by atoms with E-state index in [9.17, 15) is 4.79 Å². The number of aromatic nitrogens is 3. The molecule has 0 aliphatic carbocycles. The van der Waals surface area contributed by atoms with Gasteiger partial charge in [0.1, 0.15) is 6.33 Å². The molecular weight excluding hydrogens is 310 g/mol. The van der Waals surface area contributed by atoms with Crippen LogP contribution in [0.2, 0.25) is 0 Å². The Morgan fingerprint density at radius 1 is 1.52 bits per heavy atom. The Bertz CT molecular complexity index is 463. The van der Waals surface area contributed by atoms with Gasteiger partial charge in [0.15, 0.2) is 5.82 Å². The Balaban J connectivity index is 0.00000400. The molecule has 0 unspecified atom stereocenters. The van der Waals surface area contributed by atoms with Crippen molar-refractivity contribution in [2.75, 3.05) is 13.3 Å². The number of nitrogens with zero attached hydrogens (tertiary/aromatic N) is 4. The van der Waals surface area contributed by atoms with Crippen LogP contribution in [0.5, 0.6) is 0 Å². The smallest absolute Gasteiger partial charge is 0.241 e. The molecule has 0 fully saturated rings. The van der Waals surface area contributed by atoms with Gasteiger partial charge >= 0.3 is 0 Å². The summed E-state index contributed by atoms with van der Waals surface area (Å²) >= 11 is 1.59. The van der Waals surface area contributed by atoms with Gasteiger partial charge in [0.05, 0.1) is 12.6 Å². The van der Waals surface area contributed by atoms with Gasteiger partial charge in [-0.2, -0.15) is 11.8 Å². The second-order valence-corrected chi connectivity index (χ2v) is 7.19. The number of rotatable bonds is 6. The van der Waals surface area contributed by atoms with Crippen molar-refractivity contribution in [2.24, 2.45) is 5.73 Å². The molecule has 1 amide bonds. The van der Waals surface area contributed by atoms with Gasteiger partial charge in [-0.05, 0) is 34.0 Å². The number of hydrogen-bond donors (Lipinski definition) is 1. The topological polar surface area (TPSA) is 77.0 Å². The van der Waals surface area contributed by atoms with E-state index in [1.807, 2.05) is 24.7 Å². The van der Waals surface area contributed by atoms with E-state index < -0.39 is 6.04 Å². The Kier molecular flexibility index (Phi) is 7.70. The third-order valence-corrected chi connectivity index (χ3v) is 4.81. The minimum Gasteiger partial charge on any atom is -0.337 e. The summed E-state index contributed by atoms with van der Waals surface area (Å²) in [6.45, 7) is 8.47. The average molecular weight is 336 g/mol. The molecule has 0 aliphatic heterocycles. The van der Waals surface area contributed by atoms with Crippen LogP contribution < -0.4 is 5.73 Å². The standard InChI is InChI=1S/C13H25N5OS.ClH/c1-9(2)18-8-15-16-10(18)7-17(5)12(19)11(14)13(3,4)20-6;/h8-9,11H,7,14H2,1-6H3;1H/t11-;/m1./s1. The molecule has 6 nitrogen and oxygen atoms in total. The molecule has 1 atom stereocenters. The molecule has 0 saturated carbocycles. The third kappa shape index (κ3) is 4.86. The van der Waals surface area contributed by atoms with Crippen LogP contribution in [0.1, 0.15) is 39.6 Å². The highest BCUT2D eigenvalue weighted by atomic mass is 35.5. The van der Waals surface area contributed by atoms with E-state index in [-0.39, 0.29) is 29.1 Å². The number of amides is 1. The zero-order chi connectivity index (χ0) is 15.5. The maximum absolute atomic E-state index is 12.4. The van der Waals surface area contributed by atoms with Crippen LogP contribution in [0.25, 0.3) is 0 Å².